The largest absolute Gasteiger partial charge is 0.355 e. The number of rotatable bonds is 6. The third kappa shape index (κ3) is 4.40. The smallest absolute Gasteiger partial charge is 0.229 e. The van der Waals surface area contributed by atoms with E-state index in [-0.39, 0.29) is 0 Å². The lowest BCUT2D eigenvalue weighted by molar-refractivity contribution is 0.831. The van der Waals surface area contributed by atoms with Crippen molar-refractivity contribution in [2.45, 2.75) is 20.4 Å². The number of anilines is 3. The highest BCUT2D eigenvalue weighted by molar-refractivity contribution is 5.57. The lowest BCUT2D eigenvalue weighted by atomic mass is 10.2. The summed E-state index contributed by atoms with van der Waals surface area (Å²) in [5.41, 5.74) is 3.11. The van der Waals surface area contributed by atoms with Crippen LogP contribution in [0.5, 0.6) is 0 Å². The molecule has 0 radical (unpaired) electrons. The molecule has 4 aromatic rings. The van der Waals surface area contributed by atoms with Gasteiger partial charge in [0.25, 0.3) is 0 Å². The van der Waals surface area contributed by atoms with E-state index in [9.17, 15) is 0 Å². The predicted octanol–water partition coefficient (Wildman–Crippen LogP) is 4.05. The Kier molecular flexibility index (Phi) is 5.20. The molecule has 0 fully saturated rings. The van der Waals surface area contributed by atoms with E-state index in [1.165, 1.54) is 5.56 Å². The molecule has 0 unspecified atom stereocenters. The quantitative estimate of drug-likeness (QED) is 0.540. The van der Waals surface area contributed by atoms with E-state index < -0.39 is 0 Å². The van der Waals surface area contributed by atoms with E-state index in [0.29, 0.717) is 5.95 Å². The van der Waals surface area contributed by atoms with Crippen LogP contribution in [0.3, 0.4) is 0 Å². The average Bonchev–Trinajstić information content (AvgIpc) is 3.07. The summed E-state index contributed by atoms with van der Waals surface area (Å²) in [6.07, 6.45) is 1.77. The van der Waals surface area contributed by atoms with Crippen LogP contribution in [0.15, 0.2) is 66.9 Å². The molecule has 146 valence electrons. The number of nitrogens with zero attached hydrogens (tertiary/aromatic N) is 6. The Bertz CT molecular complexity index is 1090. The molecule has 0 spiro atoms. The van der Waals surface area contributed by atoms with Crippen molar-refractivity contribution in [1.82, 2.24) is 24.7 Å². The number of aromatic nitrogens is 5. The molecule has 0 bridgehead atoms. The van der Waals surface area contributed by atoms with Gasteiger partial charge in [-0.2, -0.15) is 10.1 Å². The molecule has 7 nitrogen and oxygen atoms in total. The molecule has 1 N–H and O–H groups in total. The van der Waals surface area contributed by atoms with Gasteiger partial charge in [0.15, 0.2) is 0 Å². The minimum Gasteiger partial charge on any atom is -0.355 e. The van der Waals surface area contributed by atoms with Gasteiger partial charge in [0.2, 0.25) is 5.95 Å². The summed E-state index contributed by atoms with van der Waals surface area (Å²) in [6.45, 7) is 4.61. The molecule has 0 aliphatic carbocycles. The third-order valence-corrected chi connectivity index (χ3v) is 4.54. The lowest BCUT2D eigenvalue weighted by Crippen LogP contribution is -2.18. The SMILES string of the molecule is Cc1nc(C)n(-c2ccc(Nc3nccc(N(C)Cc4ccccc4)n3)cc2)n1. The van der Waals surface area contributed by atoms with E-state index in [4.69, 9.17) is 0 Å². The number of benzene rings is 2. The molecular weight excluding hydrogens is 362 g/mol. The van der Waals surface area contributed by atoms with Crippen molar-refractivity contribution in [3.8, 4) is 5.69 Å². The zero-order valence-corrected chi connectivity index (χ0v) is 16.7. The molecule has 0 atom stereocenters. The Morgan fingerprint density at radius 1 is 0.931 bits per heavy atom. The van der Waals surface area contributed by atoms with Crippen LogP contribution in [0.4, 0.5) is 17.5 Å². The minimum absolute atomic E-state index is 0.558. The fourth-order valence-electron chi connectivity index (χ4n) is 3.14. The van der Waals surface area contributed by atoms with E-state index in [2.05, 4.69) is 42.4 Å². The molecule has 7 heteroatoms. The molecule has 29 heavy (non-hydrogen) atoms. The van der Waals surface area contributed by atoms with Crippen molar-refractivity contribution >= 4 is 17.5 Å². The second-order valence-electron chi connectivity index (χ2n) is 6.87. The highest BCUT2D eigenvalue weighted by Gasteiger charge is 2.08. The van der Waals surface area contributed by atoms with Gasteiger partial charge >= 0.3 is 0 Å². The van der Waals surface area contributed by atoms with Gasteiger partial charge in [0.05, 0.1) is 5.69 Å². The molecule has 0 aliphatic heterocycles. The normalized spacial score (nSPS) is 10.7. The molecule has 2 heterocycles. The monoisotopic (exact) mass is 385 g/mol. The number of aryl methyl sites for hydroxylation is 2. The second kappa shape index (κ2) is 8.10. The average molecular weight is 385 g/mol. The Labute approximate surface area is 170 Å². The van der Waals surface area contributed by atoms with E-state index >= 15 is 0 Å². The Hall–Kier alpha value is -3.74. The van der Waals surface area contributed by atoms with E-state index in [1.54, 1.807) is 6.20 Å². The zero-order valence-electron chi connectivity index (χ0n) is 16.7. The molecule has 0 saturated heterocycles. The first-order valence-electron chi connectivity index (χ1n) is 9.44. The van der Waals surface area contributed by atoms with Crippen LogP contribution < -0.4 is 10.2 Å². The number of hydrogen-bond donors (Lipinski definition) is 1. The van der Waals surface area contributed by atoms with Gasteiger partial charge in [-0.15, -0.1) is 0 Å². The van der Waals surface area contributed by atoms with Crippen LogP contribution in [0.1, 0.15) is 17.2 Å². The first-order valence-corrected chi connectivity index (χ1v) is 9.44. The maximum absolute atomic E-state index is 4.64. The summed E-state index contributed by atoms with van der Waals surface area (Å²) in [7, 11) is 2.02. The fourth-order valence-corrected chi connectivity index (χ4v) is 3.14. The van der Waals surface area contributed by atoms with Crippen molar-refractivity contribution in [3.63, 3.8) is 0 Å². The van der Waals surface area contributed by atoms with Gasteiger partial charge in [-0.1, -0.05) is 30.3 Å². The molecular formula is C22H23N7. The topological polar surface area (TPSA) is 71.8 Å². The van der Waals surface area contributed by atoms with Gasteiger partial charge in [-0.05, 0) is 49.7 Å². The van der Waals surface area contributed by atoms with Crippen LogP contribution in [-0.4, -0.2) is 31.8 Å². The Morgan fingerprint density at radius 3 is 2.38 bits per heavy atom. The molecule has 0 amide bonds. The molecule has 0 aliphatic rings. The van der Waals surface area contributed by atoms with Gasteiger partial charge in [0.1, 0.15) is 17.5 Å². The summed E-state index contributed by atoms with van der Waals surface area (Å²) in [4.78, 5) is 15.4. The molecule has 2 aromatic carbocycles. The van der Waals surface area contributed by atoms with Crippen molar-refractivity contribution < 1.29 is 0 Å². The van der Waals surface area contributed by atoms with Crippen LogP contribution in [0, 0.1) is 13.8 Å². The Balaban J connectivity index is 1.47. The highest BCUT2D eigenvalue weighted by atomic mass is 15.3. The maximum Gasteiger partial charge on any atom is 0.229 e. The molecule has 0 saturated carbocycles. The summed E-state index contributed by atoms with van der Waals surface area (Å²) in [5, 5.41) is 7.68. The van der Waals surface area contributed by atoms with Crippen LogP contribution >= 0.6 is 0 Å². The van der Waals surface area contributed by atoms with Crippen LogP contribution in [0.2, 0.25) is 0 Å². The van der Waals surface area contributed by atoms with Gasteiger partial charge in [-0.25, -0.2) is 14.6 Å². The summed E-state index contributed by atoms with van der Waals surface area (Å²) < 4.78 is 1.83. The Morgan fingerprint density at radius 2 is 1.69 bits per heavy atom. The summed E-state index contributed by atoms with van der Waals surface area (Å²) in [5.74, 6) is 3.04. The fraction of sp³-hybridized carbons (Fsp3) is 0.182. The van der Waals surface area contributed by atoms with Crippen molar-refractivity contribution in [1.29, 1.82) is 0 Å². The van der Waals surface area contributed by atoms with E-state index in [1.807, 2.05) is 74.1 Å². The first-order chi connectivity index (χ1) is 14.1. The maximum atomic E-state index is 4.64. The summed E-state index contributed by atoms with van der Waals surface area (Å²) >= 11 is 0. The van der Waals surface area contributed by atoms with E-state index in [0.717, 1.165) is 35.4 Å². The molecule has 2 aromatic heterocycles. The van der Waals surface area contributed by atoms with Crippen molar-refractivity contribution in [3.05, 3.63) is 84.1 Å². The summed E-state index contributed by atoms with van der Waals surface area (Å²) in [6, 6.07) is 20.2. The van der Waals surface area contributed by atoms with Crippen molar-refractivity contribution in [2.75, 3.05) is 17.3 Å². The zero-order chi connectivity index (χ0) is 20.2. The lowest BCUT2D eigenvalue weighted by Gasteiger charge is -2.18. The van der Waals surface area contributed by atoms with Gasteiger partial charge in [0, 0.05) is 25.5 Å². The predicted molar refractivity (Wildman–Crippen MR) is 115 cm³/mol. The standard InChI is InChI=1S/C22H23N7/c1-16-24-17(2)29(27-16)20-11-9-19(10-12-20)25-22-23-14-13-21(26-22)28(3)15-18-7-5-4-6-8-18/h4-14H,15H2,1-3H3,(H,23,25,26). The minimum atomic E-state index is 0.558. The second-order valence-corrected chi connectivity index (χ2v) is 6.87. The van der Waals surface area contributed by atoms with Crippen molar-refractivity contribution in [2.24, 2.45) is 0 Å². The van der Waals surface area contributed by atoms with Crippen LogP contribution in [-0.2, 0) is 6.54 Å². The van der Waals surface area contributed by atoms with Gasteiger partial charge < -0.3 is 10.2 Å². The van der Waals surface area contributed by atoms with Gasteiger partial charge in [-0.3, -0.25) is 0 Å². The first kappa shape index (κ1) is 18.6. The highest BCUT2D eigenvalue weighted by Crippen LogP contribution is 2.19. The third-order valence-electron chi connectivity index (χ3n) is 4.54. The number of nitrogens with one attached hydrogen (secondary N) is 1. The molecule has 4 rings (SSSR count). The van der Waals surface area contributed by atoms with Crippen LogP contribution in [0.25, 0.3) is 5.69 Å². The number of hydrogen-bond acceptors (Lipinski definition) is 6.